The molecular weight excluding hydrogens is 326 g/mol. The second kappa shape index (κ2) is 6.18. The van der Waals surface area contributed by atoms with E-state index in [-0.39, 0.29) is 10.9 Å². The Labute approximate surface area is 143 Å². The van der Waals surface area contributed by atoms with Gasteiger partial charge in [0.25, 0.3) is 10.0 Å². The van der Waals surface area contributed by atoms with Crippen molar-refractivity contribution in [3.8, 4) is 0 Å². The van der Waals surface area contributed by atoms with Crippen LogP contribution >= 0.6 is 0 Å². The lowest BCUT2D eigenvalue weighted by molar-refractivity contribution is 0.469. The number of sulfonamides is 1. The SMILES string of the molecule is Cc1cc(N(C)C)cc([C@@H]2CCN(S(=O)(=O)c3cn(C)cn3)C2)n1. The fraction of sp³-hybridized carbons (Fsp3) is 0.500. The fourth-order valence-corrected chi connectivity index (χ4v) is 4.45. The average molecular weight is 349 g/mol. The number of aryl methyl sites for hydroxylation is 2. The number of nitrogens with zero attached hydrogens (tertiary/aromatic N) is 5. The standard InChI is InChI=1S/C16H23N5O2S/c1-12-7-14(19(2)3)8-15(18-12)13-5-6-21(9-13)24(22,23)16-10-20(4)11-17-16/h7-8,10-11,13H,5-6,9H2,1-4H3/t13-/m1/s1. The molecule has 8 heteroatoms. The Morgan fingerprint density at radius 3 is 2.67 bits per heavy atom. The van der Waals surface area contributed by atoms with Crippen LogP contribution in [-0.4, -0.2) is 54.4 Å². The van der Waals surface area contributed by atoms with Gasteiger partial charge in [0.15, 0.2) is 5.03 Å². The molecular formula is C16H23N5O2S. The van der Waals surface area contributed by atoms with Crippen LogP contribution in [0.3, 0.4) is 0 Å². The molecule has 0 unspecified atom stereocenters. The summed E-state index contributed by atoms with van der Waals surface area (Å²) in [6.45, 7) is 2.91. The summed E-state index contributed by atoms with van der Waals surface area (Å²) in [5, 5.41) is 0.108. The van der Waals surface area contributed by atoms with Crippen molar-refractivity contribution < 1.29 is 8.42 Å². The Balaban J connectivity index is 1.83. The molecule has 0 aromatic carbocycles. The zero-order valence-corrected chi connectivity index (χ0v) is 15.3. The van der Waals surface area contributed by atoms with Crippen molar-refractivity contribution in [2.24, 2.45) is 7.05 Å². The van der Waals surface area contributed by atoms with Gasteiger partial charge in [0.1, 0.15) is 0 Å². The number of anilines is 1. The smallest absolute Gasteiger partial charge is 0.262 e. The Bertz CT molecular complexity index is 844. The summed E-state index contributed by atoms with van der Waals surface area (Å²) in [6.07, 6.45) is 3.82. The first-order valence-electron chi connectivity index (χ1n) is 7.91. The van der Waals surface area contributed by atoms with E-state index < -0.39 is 10.0 Å². The van der Waals surface area contributed by atoms with Crippen molar-refractivity contribution in [2.75, 3.05) is 32.1 Å². The molecule has 1 saturated heterocycles. The van der Waals surface area contributed by atoms with Crippen LogP contribution < -0.4 is 4.90 Å². The van der Waals surface area contributed by atoms with Crippen LogP contribution in [0.25, 0.3) is 0 Å². The summed E-state index contributed by atoms with van der Waals surface area (Å²) in [4.78, 5) is 10.7. The highest BCUT2D eigenvalue weighted by atomic mass is 32.2. The van der Waals surface area contributed by atoms with Crippen molar-refractivity contribution in [1.82, 2.24) is 18.8 Å². The number of hydrogen-bond acceptors (Lipinski definition) is 5. The lowest BCUT2D eigenvalue weighted by Crippen LogP contribution is -2.29. The first-order valence-corrected chi connectivity index (χ1v) is 9.35. The third kappa shape index (κ3) is 3.16. The second-order valence-corrected chi connectivity index (χ2v) is 8.40. The molecule has 0 bridgehead atoms. The van der Waals surface area contributed by atoms with Gasteiger partial charge in [-0.1, -0.05) is 0 Å². The molecule has 1 atom stereocenters. The lowest BCUT2D eigenvalue weighted by atomic mass is 10.0. The molecule has 2 aromatic heterocycles. The van der Waals surface area contributed by atoms with Gasteiger partial charge in [-0.05, 0) is 25.5 Å². The Morgan fingerprint density at radius 2 is 2.04 bits per heavy atom. The van der Waals surface area contributed by atoms with Gasteiger partial charge in [-0.15, -0.1) is 0 Å². The maximum Gasteiger partial charge on any atom is 0.262 e. The van der Waals surface area contributed by atoms with Gasteiger partial charge in [0.2, 0.25) is 0 Å². The average Bonchev–Trinajstić information content (AvgIpc) is 3.16. The van der Waals surface area contributed by atoms with E-state index in [1.807, 2.05) is 32.0 Å². The third-order valence-corrected chi connectivity index (χ3v) is 6.08. The quantitative estimate of drug-likeness (QED) is 0.834. The minimum absolute atomic E-state index is 0.108. The largest absolute Gasteiger partial charge is 0.378 e. The molecule has 1 aliphatic rings. The molecule has 0 amide bonds. The Morgan fingerprint density at radius 1 is 1.29 bits per heavy atom. The van der Waals surface area contributed by atoms with Crippen LogP contribution in [0.2, 0.25) is 0 Å². The molecule has 0 N–H and O–H groups in total. The normalized spacial score (nSPS) is 18.9. The Hall–Kier alpha value is -1.93. The van der Waals surface area contributed by atoms with Gasteiger partial charge >= 0.3 is 0 Å². The van der Waals surface area contributed by atoms with E-state index >= 15 is 0 Å². The predicted octanol–water partition coefficient (Wildman–Crippen LogP) is 1.37. The molecule has 0 radical (unpaired) electrons. The zero-order valence-electron chi connectivity index (χ0n) is 14.5. The van der Waals surface area contributed by atoms with E-state index in [9.17, 15) is 8.42 Å². The van der Waals surface area contributed by atoms with Crippen LogP contribution in [0.15, 0.2) is 29.7 Å². The lowest BCUT2D eigenvalue weighted by Gasteiger charge is -2.18. The first-order chi connectivity index (χ1) is 11.3. The molecule has 1 aliphatic heterocycles. The van der Waals surface area contributed by atoms with E-state index in [1.165, 1.54) is 16.8 Å². The van der Waals surface area contributed by atoms with Gasteiger partial charge in [-0.3, -0.25) is 4.98 Å². The molecule has 3 rings (SSSR count). The van der Waals surface area contributed by atoms with E-state index in [4.69, 9.17) is 0 Å². The fourth-order valence-electron chi connectivity index (χ4n) is 2.98. The van der Waals surface area contributed by atoms with Crippen LogP contribution in [0.4, 0.5) is 5.69 Å². The molecule has 3 heterocycles. The van der Waals surface area contributed by atoms with Crippen LogP contribution in [0.1, 0.15) is 23.7 Å². The van der Waals surface area contributed by atoms with E-state index in [0.717, 1.165) is 23.5 Å². The zero-order chi connectivity index (χ0) is 17.5. The molecule has 24 heavy (non-hydrogen) atoms. The van der Waals surface area contributed by atoms with Crippen LogP contribution in [0, 0.1) is 6.92 Å². The molecule has 0 saturated carbocycles. The highest BCUT2D eigenvalue weighted by Crippen LogP contribution is 2.31. The Kier molecular flexibility index (Phi) is 4.35. The van der Waals surface area contributed by atoms with E-state index in [1.54, 1.807) is 11.6 Å². The van der Waals surface area contributed by atoms with Gasteiger partial charge in [-0.2, -0.15) is 4.31 Å². The predicted molar refractivity (Wildman–Crippen MR) is 92.6 cm³/mol. The highest BCUT2D eigenvalue weighted by molar-refractivity contribution is 7.89. The van der Waals surface area contributed by atoms with Crippen molar-refractivity contribution in [3.05, 3.63) is 36.0 Å². The number of aromatic nitrogens is 3. The summed E-state index contributed by atoms with van der Waals surface area (Å²) in [5.74, 6) is 0.113. The molecule has 7 nitrogen and oxygen atoms in total. The topological polar surface area (TPSA) is 71.3 Å². The molecule has 2 aromatic rings. The third-order valence-electron chi connectivity index (χ3n) is 4.33. The maximum atomic E-state index is 12.7. The number of hydrogen-bond donors (Lipinski definition) is 0. The summed E-state index contributed by atoms with van der Waals surface area (Å²) in [7, 11) is 2.21. The van der Waals surface area contributed by atoms with Crippen molar-refractivity contribution in [1.29, 1.82) is 0 Å². The number of rotatable bonds is 4. The molecule has 0 aliphatic carbocycles. The number of pyridine rings is 1. The van der Waals surface area contributed by atoms with Gasteiger partial charge in [0.05, 0.1) is 6.33 Å². The van der Waals surface area contributed by atoms with Crippen molar-refractivity contribution >= 4 is 15.7 Å². The van der Waals surface area contributed by atoms with Crippen LogP contribution in [-0.2, 0) is 17.1 Å². The van der Waals surface area contributed by atoms with Gasteiger partial charge < -0.3 is 9.47 Å². The summed E-state index contributed by atoms with van der Waals surface area (Å²) < 4.78 is 28.5. The number of imidazole rings is 1. The molecule has 130 valence electrons. The summed E-state index contributed by atoms with van der Waals surface area (Å²) in [6, 6.07) is 4.08. The van der Waals surface area contributed by atoms with Crippen LogP contribution in [0.5, 0.6) is 0 Å². The van der Waals surface area contributed by atoms with Crippen molar-refractivity contribution in [3.63, 3.8) is 0 Å². The molecule has 0 spiro atoms. The van der Waals surface area contributed by atoms with Crippen molar-refractivity contribution in [2.45, 2.75) is 24.3 Å². The van der Waals surface area contributed by atoms with E-state index in [0.29, 0.717) is 13.1 Å². The highest BCUT2D eigenvalue weighted by Gasteiger charge is 2.35. The summed E-state index contributed by atoms with van der Waals surface area (Å²) >= 11 is 0. The van der Waals surface area contributed by atoms with E-state index in [2.05, 4.69) is 16.0 Å². The maximum absolute atomic E-state index is 12.7. The summed E-state index contributed by atoms with van der Waals surface area (Å²) in [5.41, 5.74) is 2.99. The monoisotopic (exact) mass is 349 g/mol. The van der Waals surface area contributed by atoms with Gasteiger partial charge in [0, 0.05) is 63.4 Å². The molecule has 1 fully saturated rings. The second-order valence-electron chi connectivity index (χ2n) is 6.51. The van der Waals surface area contributed by atoms with Gasteiger partial charge in [-0.25, -0.2) is 13.4 Å². The minimum Gasteiger partial charge on any atom is -0.378 e. The minimum atomic E-state index is -3.53. The first kappa shape index (κ1) is 16.9.